The Morgan fingerprint density at radius 2 is 1.91 bits per heavy atom. The molecule has 1 aliphatic heterocycles. The summed E-state index contributed by atoms with van der Waals surface area (Å²) in [6.07, 6.45) is 4.23. The third kappa shape index (κ3) is 3.25. The highest BCUT2D eigenvalue weighted by Gasteiger charge is 2.23. The monoisotopic (exact) mass is 270 g/mol. The van der Waals surface area contributed by atoms with Crippen molar-refractivity contribution in [3.05, 3.63) is 0 Å². The summed E-state index contributed by atoms with van der Waals surface area (Å²) >= 11 is 1.98. The molecule has 0 aromatic rings. The van der Waals surface area contributed by atoms with Crippen molar-refractivity contribution in [3.8, 4) is 0 Å². The molecule has 0 amide bonds. The van der Waals surface area contributed by atoms with Gasteiger partial charge in [0.05, 0.1) is 20.1 Å². The summed E-state index contributed by atoms with van der Waals surface area (Å²) in [5, 5.41) is 0. The van der Waals surface area contributed by atoms with E-state index < -0.39 is 0 Å². The van der Waals surface area contributed by atoms with Crippen molar-refractivity contribution in [1.82, 2.24) is 0 Å². The van der Waals surface area contributed by atoms with Crippen LogP contribution in [0.1, 0.15) is 19.3 Å². The minimum absolute atomic E-state index is 0.900. The van der Waals surface area contributed by atoms with Gasteiger partial charge in [-0.2, -0.15) is 0 Å². The number of nitrogens with zero attached hydrogens (tertiary/aromatic N) is 1. The van der Waals surface area contributed by atoms with E-state index in [1.165, 1.54) is 43.4 Å². The summed E-state index contributed by atoms with van der Waals surface area (Å²) in [6, 6.07) is 0. The van der Waals surface area contributed by atoms with Crippen LogP contribution in [-0.2, 0) is 3.07 Å². The maximum absolute atomic E-state index is 5.06. The van der Waals surface area contributed by atoms with Gasteiger partial charge in [0.1, 0.15) is 36.2 Å². The van der Waals surface area contributed by atoms with E-state index in [-0.39, 0.29) is 0 Å². The summed E-state index contributed by atoms with van der Waals surface area (Å²) in [6.45, 7) is 4.78. The summed E-state index contributed by atoms with van der Waals surface area (Å²) in [4.78, 5) is 0. The first kappa shape index (κ1) is 9.74. The molecule has 2 nitrogen and oxygen atoms in total. The molecule has 0 aliphatic carbocycles. The van der Waals surface area contributed by atoms with Crippen LogP contribution >= 0.6 is 23.0 Å². The molecule has 0 aromatic carbocycles. The van der Waals surface area contributed by atoms with Gasteiger partial charge in [-0.25, -0.2) is 0 Å². The highest BCUT2D eigenvalue weighted by atomic mass is 127. The summed E-state index contributed by atoms with van der Waals surface area (Å²) in [5.74, 6) is 0. The Morgan fingerprint density at radius 1 is 1.27 bits per heavy atom. The van der Waals surface area contributed by atoms with Gasteiger partial charge in [-0.05, 0) is 19.3 Å². The maximum atomic E-state index is 5.06. The van der Waals surface area contributed by atoms with E-state index in [1.807, 2.05) is 23.0 Å². The number of piperidine rings is 1. The zero-order valence-corrected chi connectivity index (χ0v) is 9.34. The first-order chi connectivity index (χ1) is 5.27. The van der Waals surface area contributed by atoms with Crippen LogP contribution < -0.4 is 0 Å². The molecule has 1 fully saturated rings. The number of likely N-dealkylation sites (N-methyl/N-ethyl adjacent to an activating group) is 1. The van der Waals surface area contributed by atoms with Gasteiger partial charge in [-0.3, -0.25) is 0 Å². The molecule has 0 N–H and O–H groups in total. The number of quaternary nitrogens is 1. The van der Waals surface area contributed by atoms with Crippen molar-refractivity contribution in [2.24, 2.45) is 0 Å². The van der Waals surface area contributed by atoms with Crippen LogP contribution in [0.15, 0.2) is 0 Å². The van der Waals surface area contributed by atoms with Crippen molar-refractivity contribution in [1.29, 1.82) is 0 Å². The number of likely N-dealkylation sites (tertiary alicyclic amines) is 1. The van der Waals surface area contributed by atoms with Gasteiger partial charge in [0.25, 0.3) is 0 Å². The highest BCUT2D eigenvalue weighted by molar-refractivity contribution is 14.1. The topological polar surface area (TPSA) is 9.23 Å². The Hall–Kier alpha value is 0.650. The van der Waals surface area contributed by atoms with Crippen molar-refractivity contribution in [2.75, 3.05) is 33.3 Å². The van der Waals surface area contributed by atoms with E-state index >= 15 is 0 Å². The van der Waals surface area contributed by atoms with Crippen LogP contribution in [-0.4, -0.2) is 37.8 Å². The van der Waals surface area contributed by atoms with Gasteiger partial charge in [0.15, 0.2) is 0 Å². The van der Waals surface area contributed by atoms with Gasteiger partial charge in [0.2, 0.25) is 0 Å². The maximum Gasteiger partial charge on any atom is 0.109 e. The lowest BCUT2D eigenvalue weighted by Gasteiger charge is -2.37. The molecule has 0 aromatic heterocycles. The van der Waals surface area contributed by atoms with Crippen LogP contribution in [0.3, 0.4) is 0 Å². The normalized spacial score (nSPS) is 23.5. The van der Waals surface area contributed by atoms with E-state index in [4.69, 9.17) is 3.07 Å². The second-order valence-electron chi connectivity index (χ2n) is 3.66. The Morgan fingerprint density at radius 3 is 2.45 bits per heavy atom. The van der Waals surface area contributed by atoms with Gasteiger partial charge < -0.3 is 7.55 Å². The molecule has 1 heterocycles. The van der Waals surface area contributed by atoms with Crippen LogP contribution in [0, 0.1) is 0 Å². The average molecular weight is 270 g/mol. The van der Waals surface area contributed by atoms with E-state index in [1.54, 1.807) is 0 Å². The van der Waals surface area contributed by atoms with Crippen molar-refractivity contribution in [3.63, 3.8) is 0 Å². The van der Waals surface area contributed by atoms with Crippen molar-refractivity contribution >= 4 is 23.0 Å². The third-order valence-corrected chi connectivity index (χ3v) is 3.04. The fourth-order valence-corrected chi connectivity index (χ4v) is 1.95. The molecule has 0 atom stereocenters. The van der Waals surface area contributed by atoms with E-state index in [2.05, 4.69) is 7.05 Å². The zero-order valence-electron chi connectivity index (χ0n) is 7.18. The molecule has 0 bridgehead atoms. The summed E-state index contributed by atoms with van der Waals surface area (Å²) < 4.78 is 6.29. The summed E-state index contributed by atoms with van der Waals surface area (Å²) in [5.41, 5.74) is 0. The predicted molar refractivity (Wildman–Crippen MR) is 54.6 cm³/mol. The smallest absolute Gasteiger partial charge is 0.109 e. The van der Waals surface area contributed by atoms with Gasteiger partial charge >= 0.3 is 0 Å². The van der Waals surface area contributed by atoms with Crippen LogP contribution in [0.2, 0.25) is 0 Å². The molecule has 1 rings (SSSR count). The number of halogens is 1. The molecule has 3 heteroatoms. The van der Waals surface area contributed by atoms with Crippen molar-refractivity contribution < 1.29 is 7.55 Å². The minimum Gasteiger partial charge on any atom is -0.324 e. The van der Waals surface area contributed by atoms with Crippen LogP contribution in [0.25, 0.3) is 0 Å². The molecule has 0 spiro atoms. The molecular weight excluding hydrogens is 253 g/mol. The third-order valence-electron chi connectivity index (χ3n) is 2.60. The fourth-order valence-electron chi connectivity index (χ4n) is 1.75. The highest BCUT2D eigenvalue weighted by Crippen LogP contribution is 2.15. The SMILES string of the molecule is C[N+]1(CCOI)CCCCC1. The Kier molecular flexibility index (Phi) is 4.09. The van der Waals surface area contributed by atoms with Crippen LogP contribution in [0.4, 0.5) is 0 Å². The van der Waals surface area contributed by atoms with Gasteiger partial charge in [-0.1, -0.05) is 0 Å². The molecule has 1 aliphatic rings. The van der Waals surface area contributed by atoms with E-state index in [9.17, 15) is 0 Å². The minimum atomic E-state index is 0.900. The van der Waals surface area contributed by atoms with E-state index in [0.29, 0.717) is 0 Å². The lowest BCUT2D eigenvalue weighted by molar-refractivity contribution is -0.913. The standard InChI is InChI=1S/C8H17INO/c1-10(7-8-11-9)5-3-2-4-6-10/h2-8H2,1H3/q+1. The predicted octanol–water partition coefficient (Wildman–Crippen LogP) is 1.98. The first-order valence-electron chi connectivity index (χ1n) is 4.34. The average Bonchev–Trinajstić information content (AvgIpc) is 2.03. The quantitative estimate of drug-likeness (QED) is 0.563. The number of hydrogen-bond acceptors (Lipinski definition) is 1. The molecular formula is C8H17INO+. The number of rotatable bonds is 3. The largest absolute Gasteiger partial charge is 0.324 e. The van der Waals surface area contributed by atoms with Gasteiger partial charge in [0, 0.05) is 0 Å². The van der Waals surface area contributed by atoms with Crippen molar-refractivity contribution in [2.45, 2.75) is 19.3 Å². The molecule has 0 radical (unpaired) electrons. The molecule has 1 saturated heterocycles. The van der Waals surface area contributed by atoms with E-state index in [0.717, 1.165) is 6.61 Å². The first-order valence-corrected chi connectivity index (χ1v) is 5.22. The second kappa shape index (κ2) is 4.62. The Bertz CT molecular complexity index is 113. The summed E-state index contributed by atoms with van der Waals surface area (Å²) in [7, 11) is 2.34. The lowest BCUT2D eigenvalue weighted by atomic mass is 10.1. The molecule has 0 unspecified atom stereocenters. The molecule has 66 valence electrons. The molecule has 0 saturated carbocycles. The second-order valence-corrected chi connectivity index (χ2v) is 4.29. The fraction of sp³-hybridized carbons (Fsp3) is 1.00. The Labute approximate surface area is 83.2 Å². The van der Waals surface area contributed by atoms with Crippen LogP contribution in [0.5, 0.6) is 0 Å². The lowest BCUT2D eigenvalue weighted by Crippen LogP contribution is -2.49. The van der Waals surface area contributed by atoms with Gasteiger partial charge in [-0.15, -0.1) is 0 Å². The zero-order chi connectivity index (χ0) is 8.16. The number of hydrogen-bond donors (Lipinski definition) is 0. The Balaban J connectivity index is 2.25. The molecule has 11 heavy (non-hydrogen) atoms.